The second-order valence-corrected chi connectivity index (χ2v) is 8.41. The summed E-state index contributed by atoms with van der Waals surface area (Å²) in [6.45, 7) is 4.36. The fourth-order valence-electron chi connectivity index (χ4n) is 3.22. The lowest BCUT2D eigenvalue weighted by atomic mass is 9.99. The fourth-order valence-corrected chi connectivity index (χ4v) is 4.30. The largest absolute Gasteiger partial charge is 0.465 e. The smallest absolute Gasteiger partial charge is 0.337 e. The molecule has 1 N–H and O–H groups in total. The number of carbonyl (C=O) groups excluding carboxylic acids is 1. The van der Waals surface area contributed by atoms with Crippen LogP contribution in [0.2, 0.25) is 5.02 Å². The number of methoxy groups -OCH3 is 1. The molecule has 2 aromatic carbocycles. The molecule has 0 aliphatic heterocycles. The Morgan fingerprint density at radius 3 is 2.60 bits per heavy atom. The highest BCUT2D eigenvalue weighted by Crippen LogP contribution is 2.38. The van der Waals surface area contributed by atoms with Crippen LogP contribution < -0.4 is 5.32 Å². The zero-order valence-electron chi connectivity index (χ0n) is 16.8. The second kappa shape index (κ2) is 8.42. The van der Waals surface area contributed by atoms with Gasteiger partial charge in [0.25, 0.3) is 0 Å². The molecule has 152 valence electrons. The molecule has 0 unspecified atom stereocenters. The third-order valence-corrected chi connectivity index (χ3v) is 6.12. The van der Waals surface area contributed by atoms with E-state index in [0.29, 0.717) is 28.0 Å². The first-order valence-corrected chi connectivity index (χ1v) is 10.7. The summed E-state index contributed by atoms with van der Waals surface area (Å²) in [5.74, 6) is 0.681. The number of aromatic nitrogens is 2. The number of anilines is 2. The highest BCUT2D eigenvalue weighted by atomic mass is 35.5. The molecule has 0 saturated carbocycles. The molecular formula is C23H20ClN3O2S. The van der Waals surface area contributed by atoms with Crippen LogP contribution in [0, 0.1) is 0 Å². The lowest BCUT2D eigenvalue weighted by Crippen LogP contribution is -2.03. The number of carbonyl (C=O) groups is 1. The molecule has 7 heteroatoms. The van der Waals surface area contributed by atoms with Gasteiger partial charge in [-0.3, -0.25) is 0 Å². The van der Waals surface area contributed by atoms with Crippen LogP contribution in [0.5, 0.6) is 0 Å². The van der Waals surface area contributed by atoms with E-state index in [1.807, 2.05) is 0 Å². The number of halogens is 1. The van der Waals surface area contributed by atoms with Crippen molar-refractivity contribution < 1.29 is 9.53 Å². The van der Waals surface area contributed by atoms with Gasteiger partial charge in [-0.25, -0.2) is 14.8 Å². The van der Waals surface area contributed by atoms with Gasteiger partial charge in [0.1, 0.15) is 17.0 Å². The quantitative estimate of drug-likeness (QED) is 0.353. The summed E-state index contributed by atoms with van der Waals surface area (Å²) < 4.78 is 4.81. The van der Waals surface area contributed by atoms with Crippen molar-refractivity contribution in [1.29, 1.82) is 0 Å². The van der Waals surface area contributed by atoms with Crippen LogP contribution in [0.4, 0.5) is 11.5 Å². The number of thiophene rings is 1. The molecule has 30 heavy (non-hydrogen) atoms. The first-order chi connectivity index (χ1) is 14.5. The van der Waals surface area contributed by atoms with Crippen molar-refractivity contribution in [2.75, 3.05) is 12.4 Å². The molecule has 2 heterocycles. The van der Waals surface area contributed by atoms with Gasteiger partial charge in [0, 0.05) is 10.9 Å². The van der Waals surface area contributed by atoms with E-state index in [2.05, 4.69) is 58.8 Å². The number of rotatable bonds is 5. The molecule has 4 rings (SSSR count). The Morgan fingerprint density at radius 2 is 1.90 bits per heavy atom. The molecule has 4 aromatic rings. The van der Waals surface area contributed by atoms with E-state index < -0.39 is 5.97 Å². The molecule has 0 aliphatic carbocycles. The second-order valence-electron chi connectivity index (χ2n) is 7.14. The summed E-state index contributed by atoms with van der Waals surface area (Å²) in [7, 11) is 1.35. The van der Waals surface area contributed by atoms with Crippen molar-refractivity contribution >= 4 is 50.6 Å². The van der Waals surface area contributed by atoms with E-state index in [1.54, 1.807) is 29.5 Å². The number of hydrogen-bond donors (Lipinski definition) is 1. The molecule has 0 atom stereocenters. The summed E-state index contributed by atoms with van der Waals surface area (Å²) in [6.07, 6.45) is 1.52. The predicted molar refractivity (Wildman–Crippen MR) is 123 cm³/mol. The number of esters is 1. The molecule has 5 nitrogen and oxygen atoms in total. The van der Waals surface area contributed by atoms with Crippen LogP contribution in [-0.4, -0.2) is 23.0 Å². The average Bonchev–Trinajstić information content (AvgIpc) is 3.20. The summed E-state index contributed by atoms with van der Waals surface area (Å²) in [6, 6.07) is 13.5. The van der Waals surface area contributed by atoms with Crippen LogP contribution in [0.25, 0.3) is 21.3 Å². The lowest BCUT2D eigenvalue weighted by molar-refractivity contribution is 0.0601. The molecule has 0 amide bonds. The summed E-state index contributed by atoms with van der Waals surface area (Å²) in [5.41, 5.74) is 4.42. The number of ether oxygens (including phenoxy) is 1. The number of benzene rings is 2. The Kier molecular flexibility index (Phi) is 5.70. The fraction of sp³-hybridized carbons (Fsp3) is 0.174. The lowest BCUT2D eigenvalue weighted by Gasteiger charge is -2.12. The maximum atomic E-state index is 11.9. The van der Waals surface area contributed by atoms with Gasteiger partial charge in [-0.2, -0.15) is 0 Å². The third kappa shape index (κ3) is 3.88. The minimum Gasteiger partial charge on any atom is -0.465 e. The van der Waals surface area contributed by atoms with E-state index >= 15 is 0 Å². The maximum Gasteiger partial charge on any atom is 0.337 e. The van der Waals surface area contributed by atoms with E-state index in [0.717, 1.165) is 21.3 Å². The van der Waals surface area contributed by atoms with Gasteiger partial charge in [0.15, 0.2) is 0 Å². The Balaban J connectivity index is 1.78. The molecule has 0 saturated heterocycles. The number of fused-ring (bicyclic) bond motifs is 1. The van der Waals surface area contributed by atoms with Crippen molar-refractivity contribution in [3.8, 4) is 11.1 Å². The molecule has 0 aliphatic rings. The first kappa shape index (κ1) is 20.3. The topological polar surface area (TPSA) is 64.1 Å². The van der Waals surface area contributed by atoms with Crippen LogP contribution in [0.1, 0.15) is 35.7 Å². The number of hydrogen-bond acceptors (Lipinski definition) is 6. The summed E-state index contributed by atoms with van der Waals surface area (Å²) in [5, 5.41) is 6.76. The molecule has 0 spiro atoms. The van der Waals surface area contributed by atoms with Crippen molar-refractivity contribution in [2.24, 2.45) is 0 Å². The summed E-state index contributed by atoms with van der Waals surface area (Å²) in [4.78, 5) is 21.6. The van der Waals surface area contributed by atoms with Gasteiger partial charge in [-0.05, 0) is 35.2 Å². The van der Waals surface area contributed by atoms with Crippen LogP contribution in [-0.2, 0) is 4.74 Å². The predicted octanol–water partition coefficient (Wildman–Crippen LogP) is 6.67. The Bertz CT molecular complexity index is 1220. The van der Waals surface area contributed by atoms with E-state index in [-0.39, 0.29) is 0 Å². The first-order valence-electron chi connectivity index (χ1n) is 9.45. The Hall–Kier alpha value is -2.96. The molecule has 2 aromatic heterocycles. The highest BCUT2D eigenvalue weighted by molar-refractivity contribution is 7.17. The highest BCUT2D eigenvalue weighted by Gasteiger charge is 2.16. The third-order valence-electron chi connectivity index (χ3n) is 4.90. The van der Waals surface area contributed by atoms with Crippen LogP contribution >= 0.6 is 22.9 Å². The molecule has 0 radical (unpaired) electrons. The number of nitrogens with zero attached hydrogens (tertiary/aromatic N) is 2. The molecule has 0 bridgehead atoms. The van der Waals surface area contributed by atoms with E-state index in [9.17, 15) is 4.79 Å². The van der Waals surface area contributed by atoms with Gasteiger partial charge in [0.2, 0.25) is 0 Å². The number of nitrogens with one attached hydrogen (secondary N) is 1. The minimum absolute atomic E-state index is 0.407. The van der Waals surface area contributed by atoms with Gasteiger partial charge >= 0.3 is 5.97 Å². The maximum absolute atomic E-state index is 11.9. The van der Waals surface area contributed by atoms with Crippen molar-refractivity contribution in [1.82, 2.24) is 9.97 Å². The Morgan fingerprint density at radius 1 is 1.13 bits per heavy atom. The van der Waals surface area contributed by atoms with Crippen LogP contribution in [0.15, 0.2) is 54.2 Å². The van der Waals surface area contributed by atoms with Crippen LogP contribution in [0.3, 0.4) is 0 Å². The standard InChI is InChI=1S/C23H20ClN3O2S/c1-13(2)14-4-6-15(7-5-14)17-11-30-22-20(17)21(25-12-26-22)27-19-10-16(23(28)29-3)8-9-18(19)24/h4-13H,1-3H3,(H,25,26,27). The van der Waals surface area contributed by atoms with E-state index in [1.165, 1.54) is 19.0 Å². The average molecular weight is 438 g/mol. The minimum atomic E-state index is -0.427. The van der Waals surface area contributed by atoms with Gasteiger partial charge in [0.05, 0.1) is 28.8 Å². The monoisotopic (exact) mass is 437 g/mol. The van der Waals surface area contributed by atoms with Crippen molar-refractivity contribution in [2.45, 2.75) is 19.8 Å². The van der Waals surface area contributed by atoms with Gasteiger partial charge in [-0.1, -0.05) is 49.7 Å². The SMILES string of the molecule is COC(=O)c1ccc(Cl)c(Nc2ncnc3scc(-c4ccc(C(C)C)cc4)c23)c1. The van der Waals surface area contributed by atoms with Gasteiger partial charge in [-0.15, -0.1) is 11.3 Å². The molecule has 0 fully saturated rings. The normalized spacial score (nSPS) is 11.1. The summed E-state index contributed by atoms with van der Waals surface area (Å²) >= 11 is 7.93. The molecular weight excluding hydrogens is 418 g/mol. The van der Waals surface area contributed by atoms with E-state index in [4.69, 9.17) is 16.3 Å². The van der Waals surface area contributed by atoms with Gasteiger partial charge < -0.3 is 10.1 Å². The zero-order chi connectivity index (χ0) is 21.3. The van der Waals surface area contributed by atoms with Crippen molar-refractivity contribution in [3.63, 3.8) is 0 Å². The zero-order valence-corrected chi connectivity index (χ0v) is 18.3. The van der Waals surface area contributed by atoms with Crippen molar-refractivity contribution in [3.05, 3.63) is 70.3 Å². The Labute approximate surface area is 183 Å².